The molecule has 12 N–H and O–H groups in total. The molecule has 1 amide bonds. The lowest BCUT2D eigenvalue weighted by atomic mass is 9.96. The van der Waals surface area contributed by atoms with Crippen molar-refractivity contribution in [1.82, 2.24) is 5.32 Å². The van der Waals surface area contributed by atoms with Crippen LogP contribution < -0.4 is 5.32 Å². The zero-order chi connectivity index (χ0) is 81.0. The number of ether oxygens (including phenoxy) is 6. The zero-order valence-corrected chi connectivity index (χ0v) is 70.1. The van der Waals surface area contributed by atoms with Gasteiger partial charge in [0.15, 0.2) is 18.9 Å². The third kappa shape index (κ3) is 49.8. The Balaban J connectivity index is 1.34. The summed E-state index contributed by atoms with van der Waals surface area (Å²) in [6, 6.07) is -0.997. The van der Waals surface area contributed by atoms with E-state index >= 15 is 0 Å². The minimum absolute atomic E-state index is 0.232. The molecule has 0 aliphatic carbocycles. The molecule has 3 fully saturated rings. The van der Waals surface area contributed by atoms with Crippen LogP contribution in [0, 0.1) is 0 Å². The molecular formula is C93H165NO18. The maximum absolute atomic E-state index is 13.5. The Morgan fingerprint density at radius 1 is 0.330 bits per heavy atom. The van der Waals surface area contributed by atoms with E-state index in [1.165, 1.54) is 244 Å². The fourth-order valence-corrected chi connectivity index (χ4v) is 14.9. The van der Waals surface area contributed by atoms with Gasteiger partial charge in [0.05, 0.1) is 38.6 Å². The van der Waals surface area contributed by atoms with Crippen molar-refractivity contribution in [2.24, 2.45) is 0 Å². The maximum Gasteiger partial charge on any atom is 0.220 e. The molecule has 0 spiro atoms. The van der Waals surface area contributed by atoms with Gasteiger partial charge in [0.2, 0.25) is 5.91 Å². The monoisotopic (exact) mass is 1580 g/mol. The highest BCUT2D eigenvalue weighted by Crippen LogP contribution is 2.34. The second kappa shape index (κ2) is 71.8. The molecule has 3 aliphatic heterocycles. The molecule has 0 aromatic rings. The Hall–Kier alpha value is -3.29. The number of carbonyl (C=O) groups is 1. The minimum Gasteiger partial charge on any atom is -0.394 e. The molecule has 0 radical (unpaired) electrons. The average Bonchev–Trinajstić information content (AvgIpc) is 0.782. The summed E-state index contributed by atoms with van der Waals surface area (Å²) < 4.78 is 34.5. The SMILES string of the molecule is CC/C=C\C/C=C\C/C=C\C/C=C\C/C=C\C/C=C\CCCCCCCCCCCCCCCCCCC(=O)NC(COC1OC(CO)C(OC2OC(CO)C(OC3OC(CO)C(O)C(O)C3O)C(O)C2O)C(O)C1O)C(O)/C=C/CC/C=C/CCCCCCCCCCCCCCCCCCCCCCCCCCCC. The number of allylic oxidation sites excluding steroid dienone is 15. The van der Waals surface area contributed by atoms with Gasteiger partial charge in [-0.05, 0) is 83.5 Å². The van der Waals surface area contributed by atoms with E-state index < -0.39 is 124 Å². The van der Waals surface area contributed by atoms with E-state index in [1.807, 2.05) is 6.08 Å². The van der Waals surface area contributed by atoms with E-state index in [0.29, 0.717) is 12.8 Å². The molecule has 17 unspecified atom stereocenters. The summed E-state index contributed by atoms with van der Waals surface area (Å²) in [6.07, 6.45) is 72.7. The van der Waals surface area contributed by atoms with E-state index in [1.54, 1.807) is 6.08 Å². The normalized spacial score (nSPS) is 25.4. The van der Waals surface area contributed by atoms with Gasteiger partial charge in [-0.3, -0.25) is 4.79 Å². The summed E-state index contributed by atoms with van der Waals surface area (Å²) in [4.78, 5) is 13.5. The number of aliphatic hydroxyl groups is 11. The fourth-order valence-electron chi connectivity index (χ4n) is 14.9. The van der Waals surface area contributed by atoms with Gasteiger partial charge < -0.3 is 89.9 Å². The number of rotatable bonds is 73. The molecule has 112 heavy (non-hydrogen) atoms. The lowest BCUT2D eigenvalue weighted by Crippen LogP contribution is -2.66. The van der Waals surface area contributed by atoms with Crippen LogP contribution >= 0.6 is 0 Å². The first-order valence-electron chi connectivity index (χ1n) is 45.5. The van der Waals surface area contributed by atoms with Crippen LogP contribution in [0.1, 0.15) is 354 Å². The van der Waals surface area contributed by atoms with Crippen molar-refractivity contribution in [3.63, 3.8) is 0 Å². The van der Waals surface area contributed by atoms with Crippen molar-refractivity contribution in [1.29, 1.82) is 0 Å². The van der Waals surface area contributed by atoms with E-state index in [4.69, 9.17) is 28.4 Å². The van der Waals surface area contributed by atoms with E-state index in [9.17, 15) is 61.0 Å². The molecule has 3 heterocycles. The van der Waals surface area contributed by atoms with Gasteiger partial charge in [-0.2, -0.15) is 0 Å². The molecule has 3 aliphatic rings. The first-order chi connectivity index (χ1) is 54.8. The molecule has 17 atom stereocenters. The summed E-state index contributed by atoms with van der Waals surface area (Å²) in [7, 11) is 0. The predicted octanol–water partition coefficient (Wildman–Crippen LogP) is 17.5. The second-order valence-corrected chi connectivity index (χ2v) is 32.0. The number of amides is 1. The number of carbonyl (C=O) groups excluding carboxylic acids is 1. The molecule has 0 aromatic carbocycles. The van der Waals surface area contributed by atoms with Gasteiger partial charge in [-0.15, -0.1) is 0 Å². The largest absolute Gasteiger partial charge is 0.394 e. The van der Waals surface area contributed by atoms with Crippen LogP contribution in [0.25, 0.3) is 0 Å². The molecule has 19 nitrogen and oxygen atoms in total. The van der Waals surface area contributed by atoms with Gasteiger partial charge in [-0.1, -0.05) is 361 Å². The Morgan fingerprint density at radius 2 is 0.625 bits per heavy atom. The van der Waals surface area contributed by atoms with Crippen molar-refractivity contribution in [3.05, 3.63) is 97.2 Å². The summed E-state index contributed by atoms with van der Waals surface area (Å²) >= 11 is 0. The lowest BCUT2D eigenvalue weighted by molar-refractivity contribution is -0.379. The predicted molar refractivity (Wildman–Crippen MR) is 452 cm³/mol. The minimum atomic E-state index is -1.99. The van der Waals surface area contributed by atoms with Gasteiger partial charge in [-0.25, -0.2) is 0 Å². The third-order valence-electron chi connectivity index (χ3n) is 22.1. The van der Waals surface area contributed by atoms with Crippen LogP contribution in [0.2, 0.25) is 0 Å². The third-order valence-corrected chi connectivity index (χ3v) is 22.1. The van der Waals surface area contributed by atoms with Gasteiger partial charge in [0.25, 0.3) is 0 Å². The Bertz CT molecular complexity index is 2400. The van der Waals surface area contributed by atoms with E-state index in [0.717, 1.165) is 77.0 Å². The van der Waals surface area contributed by atoms with E-state index in [2.05, 4.69) is 104 Å². The Kier molecular flexibility index (Phi) is 66.0. The fraction of sp³-hybridized carbons (Fsp3) is 0.817. The van der Waals surface area contributed by atoms with Crippen LogP contribution in [0.3, 0.4) is 0 Å². The van der Waals surface area contributed by atoms with Crippen molar-refractivity contribution >= 4 is 5.91 Å². The molecule has 0 aromatic heterocycles. The standard InChI is InChI=1S/C93H165NO18/c1-3-5-7-9-11-13-15-17-19-21-23-25-27-29-31-33-35-37-38-39-41-43-45-47-49-51-53-55-57-59-61-63-65-67-69-71-81(99)94-76(77(98)70-68-66-64-62-60-58-56-54-52-50-48-46-44-42-40-36-34-32-30-28-26-24-22-20-18-16-14-12-10-8-6-4-2)75-107-91-87(105)84(102)89(79(73-96)109-91)112-93-88(106)85(103)90(80(74-97)110-93)111-92-86(104)83(101)82(100)78(72-95)108-92/h5,7,11,13,17,19,23,25,29,31,35,37,60,62,68,70,76-80,82-93,95-98,100-106H,3-4,6,8-10,12,14-16,18,20-22,24,26-28,30,32-34,36,38-59,61,63-67,69,71-75H2,1-2H3,(H,94,99)/b7-5-,13-11-,19-17-,25-23-,31-29-,37-35-,62-60+,70-68+. The summed E-state index contributed by atoms with van der Waals surface area (Å²) in [5, 5.41) is 121. The number of hydrogen-bond acceptors (Lipinski definition) is 18. The summed E-state index contributed by atoms with van der Waals surface area (Å²) in [5.41, 5.74) is 0. The molecule has 3 rings (SSSR count). The van der Waals surface area contributed by atoms with Crippen LogP contribution in [0.4, 0.5) is 0 Å². The van der Waals surface area contributed by atoms with Gasteiger partial charge in [0.1, 0.15) is 73.2 Å². The number of hydrogen-bond donors (Lipinski definition) is 12. The Labute approximate surface area is 679 Å². The zero-order valence-electron chi connectivity index (χ0n) is 70.1. The lowest BCUT2D eigenvalue weighted by Gasteiger charge is -2.48. The highest BCUT2D eigenvalue weighted by atomic mass is 16.8. The van der Waals surface area contributed by atoms with Crippen molar-refractivity contribution in [3.8, 4) is 0 Å². The highest BCUT2D eigenvalue weighted by Gasteiger charge is 2.54. The molecule has 0 bridgehead atoms. The Morgan fingerprint density at radius 3 is 1.00 bits per heavy atom. The first-order valence-corrected chi connectivity index (χ1v) is 45.5. The van der Waals surface area contributed by atoms with Crippen LogP contribution in [-0.2, 0) is 33.2 Å². The number of nitrogens with one attached hydrogen (secondary N) is 1. The summed E-state index contributed by atoms with van der Waals surface area (Å²) in [5.74, 6) is -0.283. The van der Waals surface area contributed by atoms with Gasteiger partial charge in [0, 0.05) is 6.42 Å². The first kappa shape index (κ1) is 103. The smallest absolute Gasteiger partial charge is 0.220 e. The average molecular weight is 1590 g/mol. The quantitative estimate of drug-likeness (QED) is 0.0199. The molecule has 0 saturated carbocycles. The molecular weight excluding hydrogens is 1420 g/mol. The molecule has 650 valence electrons. The van der Waals surface area contributed by atoms with Crippen molar-refractivity contribution in [2.45, 2.75) is 458 Å². The molecule has 19 heteroatoms. The topological polar surface area (TPSA) is 307 Å². The number of unbranched alkanes of at least 4 members (excludes halogenated alkanes) is 43. The van der Waals surface area contributed by atoms with Crippen LogP contribution in [-0.4, -0.2) is 193 Å². The maximum atomic E-state index is 13.5. The van der Waals surface area contributed by atoms with Crippen molar-refractivity contribution in [2.75, 3.05) is 26.4 Å². The molecule has 3 saturated heterocycles. The van der Waals surface area contributed by atoms with Gasteiger partial charge >= 0.3 is 0 Å². The second-order valence-electron chi connectivity index (χ2n) is 32.0. The van der Waals surface area contributed by atoms with Crippen molar-refractivity contribution < 1.29 is 89.4 Å². The van der Waals surface area contributed by atoms with Crippen LogP contribution in [0.5, 0.6) is 0 Å². The number of aliphatic hydroxyl groups excluding tert-OH is 11. The van der Waals surface area contributed by atoms with Crippen LogP contribution in [0.15, 0.2) is 97.2 Å². The summed E-state index contributed by atoms with van der Waals surface area (Å²) in [6.45, 7) is 1.65. The van der Waals surface area contributed by atoms with E-state index in [-0.39, 0.29) is 18.9 Å². The highest BCUT2D eigenvalue weighted by molar-refractivity contribution is 5.76.